The second-order valence-corrected chi connectivity index (χ2v) is 7.52. The van der Waals surface area contributed by atoms with Gasteiger partial charge in [0.25, 0.3) is 0 Å². The molecule has 2 aromatic rings. The zero-order valence-corrected chi connectivity index (χ0v) is 17.4. The number of ether oxygens (including phenoxy) is 2. The molecular formula is C22H28F3N3O2. The minimum atomic E-state index is -4.57. The molecule has 0 saturated heterocycles. The molecule has 1 saturated carbocycles. The van der Waals surface area contributed by atoms with E-state index >= 15 is 0 Å². The first-order chi connectivity index (χ1) is 14.4. The summed E-state index contributed by atoms with van der Waals surface area (Å²) in [5.41, 5.74) is -0.338. The van der Waals surface area contributed by atoms with Crippen molar-refractivity contribution in [3.8, 4) is 11.8 Å². The van der Waals surface area contributed by atoms with Gasteiger partial charge in [-0.25, -0.2) is 4.98 Å². The Morgan fingerprint density at radius 1 is 1.10 bits per heavy atom. The number of hydrogen-bond acceptors (Lipinski definition) is 5. The third-order valence-electron chi connectivity index (χ3n) is 5.18. The van der Waals surface area contributed by atoms with Crippen LogP contribution in [0.25, 0.3) is 0 Å². The molecule has 0 unspecified atom stereocenters. The van der Waals surface area contributed by atoms with E-state index in [0.717, 1.165) is 51.1 Å². The molecule has 1 aliphatic carbocycles. The van der Waals surface area contributed by atoms with Crippen molar-refractivity contribution in [3.63, 3.8) is 0 Å². The molecule has 164 valence electrons. The SMILES string of the molecule is CCCCOc1ccc(N(C)c2nc(OC3CCCCC3)ncc2C(F)(F)F)cc1. The van der Waals surface area contributed by atoms with E-state index < -0.39 is 11.7 Å². The van der Waals surface area contributed by atoms with Gasteiger partial charge < -0.3 is 14.4 Å². The van der Waals surface area contributed by atoms with Gasteiger partial charge in [-0.3, -0.25) is 0 Å². The van der Waals surface area contributed by atoms with Crippen LogP contribution in [0.1, 0.15) is 57.4 Å². The molecule has 0 spiro atoms. The largest absolute Gasteiger partial charge is 0.494 e. The molecule has 3 rings (SSSR count). The van der Waals surface area contributed by atoms with Crippen LogP contribution in [0.4, 0.5) is 24.7 Å². The van der Waals surface area contributed by atoms with Crippen LogP contribution in [0.3, 0.4) is 0 Å². The van der Waals surface area contributed by atoms with Crippen molar-refractivity contribution in [2.75, 3.05) is 18.6 Å². The van der Waals surface area contributed by atoms with Gasteiger partial charge in [0.1, 0.15) is 17.4 Å². The maximum absolute atomic E-state index is 13.6. The second-order valence-electron chi connectivity index (χ2n) is 7.52. The highest BCUT2D eigenvalue weighted by Gasteiger charge is 2.37. The van der Waals surface area contributed by atoms with Crippen molar-refractivity contribution >= 4 is 11.5 Å². The average molecular weight is 423 g/mol. The standard InChI is InChI=1S/C22H28F3N3O2/c1-3-4-14-29-17-12-10-16(11-13-17)28(2)20-19(22(23,24)25)15-26-21(27-20)30-18-8-6-5-7-9-18/h10-13,15,18H,3-9,14H2,1-2H3. The molecular weight excluding hydrogens is 395 g/mol. The van der Waals surface area contributed by atoms with Gasteiger partial charge in [0.2, 0.25) is 0 Å². The van der Waals surface area contributed by atoms with Gasteiger partial charge in [0.15, 0.2) is 5.82 Å². The predicted molar refractivity (Wildman–Crippen MR) is 109 cm³/mol. The van der Waals surface area contributed by atoms with E-state index in [1.165, 1.54) is 4.90 Å². The van der Waals surface area contributed by atoms with Gasteiger partial charge in [-0.15, -0.1) is 0 Å². The van der Waals surface area contributed by atoms with Gasteiger partial charge in [-0.05, 0) is 56.4 Å². The highest BCUT2D eigenvalue weighted by Crippen LogP contribution is 2.38. The number of anilines is 2. The number of halogens is 3. The fourth-order valence-corrected chi connectivity index (χ4v) is 3.42. The fourth-order valence-electron chi connectivity index (χ4n) is 3.42. The van der Waals surface area contributed by atoms with Crippen LogP contribution in [0.15, 0.2) is 30.5 Å². The highest BCUT2D eigenvalue weighted by molar-refractivity contribution is 5.63. The molecule has 1 aromatic heterocycles. The number of unbranched alkanes of at least 4 members (excludes halogenated alkanes) is 1. The van der Waals surface area contributed by atoms with Crippen molar-refractivity contribution < 1.29 is 22.6 Å². The van der Waals surface area contributed by atoms with Crippen LogP contribution in [0.5, 0.6) is 11.8 Å². The summed E-state index contributed by atoms with van der Waals surface area (Å²) in [4.78, 5) is 9.36. The summed E-state index contributed by atoms with van der Waals surface area (Å²) < 4.78 is 52.2. The molecule has 0 aliphatic heterocycles. The minimum absolute atomic E-state index is 0.0173. The highest BCUT2D eigenvalue weighted by atomic mass is 19.4. The Bertz CT molecular complexity index is 806. The van der Waals surface area contributed by atoms with Crippen molar-refractivity contribution in [2.24, 2.45) is 0 Å². The molecule has 8 heteroatoms. The number of rotatable bonds is 8. The topological polar surface area (TPSA) is 47.5 Å². The third-order valence-corrected chi connectivity index (χ3v) is 5.18. The molecule has 0 amide bonds. The Labute approximate surface area is 175 Å². The molecule has 0 N–H and O–H groups in total. The van der Waals surface area contributed by atoms with Crippen LogP contribution < -0.4 is 14.4 Å². The summed E-state index contributed by atoms with van der Waals surface area (Å²) in [5, 5.41) is 0. The smallest absolute Gasteiger partial charge is 0.421 e. The predicted octanol–water partition coefficient (Wildman–Crippen LogP) is 6.15. The summed E-state index contributed by atoms with van der Waals surface area (Å²) in [7, 11) is 1.55. The lowest BCUT2D eigenvalue weighted by atomic mass is 9.98. The molecule has 30 heavy (non-hydrogen) atoms. The Hall–Kier alpha value is -2.51. The van der Waals surface area contributed by atoms with Crippen LogP contribution in [-0.2, 0) is 6.18 Å². The van der Waals surface area contributed by atoms with E-state index in [1.807, 2.05) is 0 Å². The van der Waals surface area contributed by atoms with E-state index in [1.54, 1.807) is 31.3 Å². The Balaban J connectivity index is 1.82. The fraction of sp³-hybridized carbons (Fsp3) is 0.545. The molecule has 1 aromatic carbocycles. The molecule has 1 heterocycles. The number of benzene rings is 1. The van der Waals surface area contributed by atoms with E-state index in [9.17, 15) is 13.2 Å². The molecule has 5 nitrogen and oxygen atoms in total. The first kappa shape index (κ1) is 22.2. The number of aromatic nitrogens is 2. The normalized spacial score (nSPS) is 15.1. The first-order valence-electron chi connectivity index (χ1n) is 10.5. The van der Waals surface area contributed by atoms with Gasteiger partial charge in [-0.2, -0.15) is 18.2 Å². The quantitative estimate of drug-likeness (QED) is 0.476. The maximum atomic E-state index is 13.6. The van der Waals surface area contributed by atoms with E-state index in [4.69, 9.17) is 9.47 Å². The molecule has 1 aliphatic rings. The monoisotopic (exact) mass is 423 g/mol. The molecule has 0 bridgehead atoms. The van der Waals surface area contributed by atoms with Crippen LogP contribution in [0, 0.1) is 0 Å². The lowest BCUT2D eigenvalue weighted by molar-refractivity contribution is -0.137. The van der Waals surface area contributed by atoms with Crippen molar-refractivity contribution in [1.82, 2.24) is 9.97 Å². The van der Waals surface area contributed by atoms with Crippen LogP contribution in [-0.4, -0.2) is 29.7 Å². The third kappa shape index (κ3) is 5.77. The average Bonchev–Trinajstić information content (AvgIpc) is 2.74. The second kappa shape index (κ2) is 10.00. The van der Waals surface area contributed by atoms with Crippen LogP contribution >= 0.6 is 0 Å². The van der Waals surface area contributed by atoms with Crippen molar-refractivity contribution in [2.45, 2.75) is 64.1 Å². The van der Waals surface area contributed by atoms with E-state index in [2.05, 4.69) is 16.9 Å². The lowest BCUT2D eigenvalue weighted by Gasteiger charge is -2.25. The minimum Gasteiger partial charge on any atom is -0.494 e. The van der Waals surface area contributed by atoms with Crippen molar-refractivity contribution in [1.29, 1.82) is 0 Å². The number of alkyl halides is 3. The van der Waals surface area contributed by atoms with Gasteiger partial charge in [-0.1, -0.05) is 19.8 Å². The van der Waals surface area contributed by atoms with Gasteiger partial charge in [0.05, 0.1) is 6.61 Å². The first-order valence-corrected chi connectivity index (χ1v) is 10.5. The Kier molecular flexibility index (Phi) is 7.39. The zero-order valence-electron chi connectivity index (χ0n) is 17.4. The number of hydrogen-bond donors (Lipinski definition) is 0. The van der Waals surface area contributed by atoms with Gasteiger partial charge in [0, 0.05) is 18.9 Å². The molecule has 1 fully saturated rings. The van der Waals surface area contributed by atoms with Crippen molar-refractivity contribution in [3.05, 3.63) is 36.0 Å². The summed E-state index contributed by atoms with van der Waals surface area (Å²) in [6.45, 7) is 2.69. The van der Waals surface area contributed by atoms with E-state index in [-0.39, 0.29) is 17.9 Å². The molecule has 0 radical (unpaired) electrons. The Morgan fingerprint density at radius 3 is 2.43 bits per heavy atom. The van der Waals surface area contributed by atoms with Gasteiger partial charge >= 0.3 is 12.2 Å². The molecule has 0 atom stereocenters. The summed E-state index contributed by atoms with van der Waals surface area (Å²) in [6, 6.07) is 6.90. The summed E-state index contributed by atoms with van der Waals surface area (Å²) in [5.74, 6) is 0.448. The maximum Gasteiger partial charge on any atom is 0.421 e. The van der Waals surface area contributed by atoms with E-state index in [0.29, 0.717) is 18.0 Å². The number of nitrogens with zero attached hydrogens (tertiary/aromatic N) is 3. The summed E-state index contributed by atoms with van der Waals surface area (Å²) in [6.07, 6.45) is 3.14. The Morgan fingerprint density at radius 2 is 1.80 bits per heavy atom. The lowest BCUT2D eigenvalue weighted by Crippen LogP contribution is -2.23. The summed E-state index contributed by atoms with van der Waals surface area (Å²) >= 11 is 0. The van der Waals surface area contributed by atoms with Crippen LogP contribution in [0.2, 0.25) is 0 Å². The zero-order chi connectivity index (χ0) is 21.6.